The van der Waals surface area contributed by atoms with Crippen molar-refractivity contribution in [1.29, 1.82) is 0 Å². The van der Waals surface area contributed by atoms with E-state index in [1.54, 1.807) is 25.8 Å². The Balaban J connectivity index is 1.76. The Morgan fingerprint density at radius 3 is 2.33 bits per heavy atom. The largest absolute Gasteiger partial charge is 0.443 e. The number of carbonyl (C=O) groups excluding carboxylic acids is 3. The van der Waals surface area contributed by atoms with Crippen molar-refractivity contribution in [3.8, 4) is 0 Å². The van der Waals surface area contributed by atoms with Crippen molar-refractivity contribution in [2.75, 3.05) is 6.54 Å². The van der Waals surface area contributed by atoms with Gasteiger partial charge in [-0.05, 0) is 58.7 Å². The van der Waals surface area contributed by atoms with Crippen LogP contribution in [0.2, 0.25) is 0 Å². The van der Waals surface area contributed by atoms with Gasteiger partial charge in [0.25, 0.3) is 0 Å². The predicted molar refractivity (Wildman–Crippen MR) is 165 cm³/mol. The summed E-state index contributed by atoms with van der Waals surface area (Å²) in [4.78, 5) is 42.6. The summed E-state index contributed by atoms with van der Waals surface area (Å²) in [6.45, 7) is 9.25. The molecule has 3 aromatic rings. The molecule has 0 aliphatic heterocycles. The smallest absolute Gasteiger partial charge is 0.422 e. The minimum Gasteiger partial charge on any atom is -0.443 e. The van der Waals surface area contributed by atoms with E-state index in [-0.39, 0.29) is 25.6 Å². The summed E-state index contributed by atoms with van der Waals surface area (Å²) in [6.07, 6.45) is -1.68. The predicted octanol–water partition coefficient (Wildman–Crippen LogP) is 2.81. The highest BCUT2D eigenvalue weighted by atomic mass is 16.6. The van der Waals surface area contributed by atoms with Crippen LogP contribution in [0.1, 0.15) is 52.3 Å². The Morgan fingerprint density at radius 1 is 1.00 bits per heavy atom. The fraction of sp³-hybridized carbons (Fsp3) is 0.438. The summed E-state index contributed by atoms with van der Waals surface area (Å²) in [5, 5.41) is 20.0. The summed E-state index contributed by atoms with van der Waals surface area (Å²) in [5.41, 5.74) is 9.90. The zero-order valence-corrected chi connectivity index (χ0v) is 25.5. The lowest BCUT2D eigenvalue weighted by atomic mass is 9.99. The van der Waals surface area contributed by atoms with Gasteiger partial charge in [-0.15, -0.1) is 0 Å². The van der Waals surface area contributed by atoms with E-state index in [1.165, 1.54) is 0 Å². The number of aliphatic hydroxyl groups excluding tert-OH is 1. The van der Waals surface area contributed by atoms with Gasteiger partial charge in [-0.2, -0.15) is 0 Å². The lowest BCUT2D eigenvalue weighted by Gasteiger charge is -2.33. The minimum atomic E-state index is -1.10. The first-order chi connectivity index (χ1) is 20.3. The number of hydrazine groups is 1. The molecule has 1 aromatic heterocycles. The maximum Gasteiger partial charge on any atom is 0.422 e. The van der Waals surface area contributed by atoms with Crippen molar-refractivity contribution in [2.45, 2.75) is 83.8 Å². The molecule has 0 unspecified atom stereocenters. The molecule has 0 radical (unpaired) electrons. The van der Waals surface area contributed by atoms with E-state index >= 15 is 0 Å². The normalized spacial score (nSPS) is 13.9. The fourth-order valence-corrected chi connectivity index (χ4v) is 4.46. The lowest BCUT2D eigenvalue weighted by Crippen LogP contribution is -2.57. The van der Waals surface area contributed by atoms with E-state index in [2.05, 4.69) is 21.0 Å². The minimum absolute atomic E-state index is 0.00359. The zero-order chi connectivity index (χ0) is 31.6. The van der Waals surface area contributed by atoms with Gasteiger partial charge in [0.1, 0.15) is 5.60 Å². The average Bonchev–Trinajstić information content (AvgIpc) is 2.93. The first kappa shape index (κ1) is 33.4. The molecule has 1 heterocycles. The molecule has 6 N–H and O–H groups in total. The molecular weight excluding hydrogens is 548 g/mol. The maximum atomic E-state index is 13.6. The van der Waals surface area contributed by atoms with Gasteiger partial charge in [-0.25, -0.2) is 9.80 Å². The Labute approximate surface area is 253 Å². The van der Waals surface area contributed by atoms with E-state index in [4.69, 9.17) is 10.5 Å². The number of primary amides is 1. The molecule has 0 saturated carbocycles. The van der Waals surface area contributed by atoms with E-state index in [1.807, 2.05) is 80.6 Å². The second-order valence-electron chi connectivity index (χ2n) is 11.8. The Kier molecular flexibility index (Phi) is 12.0. The Morgan fingerprint density at radius 2 is 1.67 bits per heavy atom. The number of aliphatic hydroxyl groups is 1. The molecular formula is C32H44N6O5. The van der Waals surface area contributed by atoms with Gasteiger partial charge in [0.2, 0.25) is 11.8 Å². The van der Waals surface area contributed by atoms with Crippen LogP contribution in [0.3, 0.4) is 0 Å². The third kappa shape index (κ3) is 11.3. The third-order valence-corrected chi connectivity index (χ3v) is 6.64. The molecule has 0 fully saturated rings. The van der Waals surface area contributed by atoms with Crippen LogP contribution in [0.25, 0.3) is 10.9 Å². The lowest BCUT2D eigenvalue weighted by molar-refractivity contribution is -0.128. The highest BCUT2D eigenvalue weighted by Gasteiger charge is 2.30. The third-order valence-electron chi connectivity index (χ3n) is 6.64. The first-order valence-corrected chi connectivity index (χ1v) is 14.5. The van der Waals surface area contributed by atoms with Crippen molar-refractivity contribution < 1.29 is 24.2 Å². The number of rotatable bonds is 14. The number of amides is 3. The summed E-state index contributed by atoms with van der Waals surface area (Å²) in [6, 6.07) is 19.0. The quantitative estimate of drug-likeness (QED) is 0.179. The number of hydrogen-bond donors (Lipinski definition) is 5. The second kappa shape index (κ2) is 15.4. The summed E-state index contributed by atoms with van der Waals surface area (Å²) in [7, 11) is 0. The SMILES string of the molecule is CC(C)N(C[C@H](O)[C@H](Cc1ccccc1)NC(=O)[C@H](CC(N)=O)NCc1ccc2ccccc2n1)NC(=O)OC(C)(C)C. The van der Waals surface area contributed by atoms with Gasteiger partial charge in [0, 0.05) is 24.5 Å². The van der Waals surface area contributed by atoms with Crippen molar-refractivity contribution in [3.05, 3.63) is 78.0 Å². The van der Waals surface area contributed by atoms with Crippen LogP contribution in [-0.2, 0) is 27.3 Å². The van der Waals surface area contributed by atoms with E-state index in [0.29, 0.717) is 12.1 Å². The van der Waals surface area contributed by atoms with Crippen LogP contribution in [0, 0.1) is 0 Å². The van der Waals surface area contributed by atoms with Crippen LogP contribution in [0.4, 0.5) is 4.79 Å². The van der Waals surface area contributed by atoms with Crippen molar-refractivity contribution in [1.82, 2.24) is 26.1 Å². The van der Waals surface area contributed by atoms with Crippen LogP contribution in [-0.4, -0.2) is 69.4 Å². The van der Waals surface area contributed by atoms with Crippen molar-refractivity contribution in [2.24, 2.45) is 5.73 Å². The number of nitrogens with zero attached hydrogens (tertiary/aromatic N) is 2. The number of carbonyl (C=O) groups is 3. The molecule has 0 aliphatic rings. The highest BCUT2D eigenvalue weighted by Crippen LogP contribution is 2.13. The molecule has 0 spiro atoms. The second-order valence-corrected chi connectivity index (χ2v) is 11.8. The number of aromatic nitrogens is 1. The molecule has 2 aromatic carbocycles. The fourth-order valence-electron chi connectivity index (χ4n) is 4.46. The maximum absolute atomic E-state index is 13.6. The van der Waals surface area contributed by atoms with Gasteiger partial charge in [0.15, 0.2) is 0 Å². The number of ether oxygens (including phenoxy) is 1. The van der Waals surface area contributed by atoms with Gasteiger partial charge < -0.3 is 20.9 Å². The van der Waals surface area contributed by atoms with Gasteiger partial charge in [-0.1, -0.05) is 54.6 Å². The molecule has 3 amide bonds. The number of nitrogens with two attached hydrogens (primary N) is 1. The average molecular weight is 593 g/mol. The van der Waals surface area contributed by atoms with Gasteiger partial charge in [0.05, 0.1) is 35.8 Å². The molecule has 0 bridgehead atoms. The molecule has 3 rings (SSSR count). The van der Waals surface area contributed by atoms with Crippen molar-refractivity contribution in [3.63, 3.8) is 0 Å². The van der Waals surface area contributed by atoms with Crippen LogP contribution < -0.4 is 21.8 Å². The topological polar surface area (TPSA) is 159 Å². The van der Waals surface area contributed by atoms with E-state index < -0.39 is 41.7 Å². The van der Waals surface area contributed by atoms with Crippen LogP contribution in [0.15, 0.2) is 66.7 Å². The van der Waals surface area contributed by atoms with Crippen molar-refractivity contribution >= 4 is 28.8 Å². The summed E-state index contributed by atoms with van der Waals surface area (Å²) < 4.78 is 5.38. The number of para-hydroxylation sites is 1. The standard InChI is InChI=1S/C32H44N6O5/c1-21(2)38(37-31(42)43-32(3,4)5)20-28(39)26(17-22-11-7-6-8-12-22)36-30(41)27(18-29(33)40)34-19-24-16-15-23-13-9-10-14-25(23)35-24/h6-16,21,26-28,34,39H,17-20H2,1-5H3,(H2,33,40)(H,36,41)(H,37,42)/t26-,27-,28-/m0/s1. The molecule has 3 atom stereocenters. The first-order valence-electron chi connectivity index (χ1n) is 14.5. The van der Waals surface area contributed by atoms with Crippen LogP contribution in [0.5, 0.6) is 0 Å². The molecule has 11 nitrogen and oxygen atoms in total. The molecule has 0 saturated heterocycles. The molecule has 0 aliphatic carbocycles. The molecule has 232 valence electrons. The van der Waals surface area contributed by atoms with Gasteiger partial charge >= 0.3 is 6.09 Å². The number of fused-ring (bicyclic) bond motifs is 1. The molecule has 43 heavy (non-hydrogen) atoms. The Bertz CT molecular complexity index is 1360. The highest BCUT2D eigenvalue weighted by molar-refractivity contribution is 5.88. The van der Waals surface area contributed by atoms with E-state index in [9.17, 15) is 19.5 Å². The van der Waals surface area contributed by atoms with E-state index in [0.717, 1.165) is 16.5 Å². The van der Waals surface area contributed by atoms with Gasteiger partial charge in [-0.3, -0.25) is 25.3 Å². The number of hydrogen-bond acceptors (Lipinski definition) is 8. The number of pyridine rings is 1. The summed E-state index contributed by atoms with van der Waals surface area (Å²) >= 11 is 0. The number of benzene rings is 2. The number of nitrogens with one attached hydrogen (secondary N) is 3. The zero-order valence-electron chi connectivity index (χ0n) is 25.5. The van der Waals surface area contributed by atoms with Crippen LogP contribution >= 0.6 is 0 Å². The Hall–Kier alpha value is -4.06. The monoisotopic (exact) mass is 592 g/mol. The summed E-state index contributed by atoms with van der Waals surface area (Å²) in [5.74, 6) is -1.14. The molecule has 11 heteroatoms.